The summed E-state index contributed by atoms with van der Waals surface area (Å²) in [6, 6.07) is 4.39. The van der Waals surface area contributed by atoms with Gasteiger partial charge in [-0.2, -0.15) is 0 Å². The van der Waals surface area contributed by atoms with Gasteiger partial charge >= 0.3 is 0 Å². The predicted octanol–water partition coefficient (Wildman–Crippen LogP) is 3.75. The van der Waals surface area contributed by atoms with Crippen LogP contribution >= 0.6 is 11.6 Å². The zero-order valence-corrected chi connectivity index (χ0v) is 11.1. The van der Waals surface area contributed by atoms with Gasteiger partial charge in [-0.3, -0.25) is 0 Å². The van der Waals surface area contributed by atoms with Gasteiger partial charge in [-0.25, -0.2) is 8.78 Å². The van der Waals surface area contributed by atoms with Crippen LogP contribution in [-0.2, 0) is 6.42 Å². The van der Waals surface area contributed by atoms with Gasteiger partial charge < -0.3 is 5.32 Å². The van der Waals surface area contributed by atoms with Gasteiger partial charge in [0.15, 0.2) is 0 Å². The van der Waals surface area contributed by atoms with Crippen molar-refractivity contribution in [1.29, 1.82) is 0 Å². The first kappa shape index (κ1) is 14.4. The van der Waals surface area contributed by atoms with Gasteiger partial charge in [0.1, 0.15) is 12.0 Å². The van der Waals surface area contributed by atoms with Gasteiger partial charge in [-0.05, 0) is 32.9 Å². The fourth-order valence-corrected chi connectivity index (χ4v) is 1.68. The van der Waals surface area contributed by atoms with Crippen molar-refractivity contribution in [2.75, 3.05) is 6.54 Å². The van der Waals surface area contributed by atoms with E-state index in [2.05, 4.69) is 5.32 Å². The third-order valence-corrected chi connectivity index (χ3v) is 2.70. The minimum atomic E-state index is -1.15. The second-order valence-corrected chi connectivity index (χ2v) is 5.54. The maximum Gasteiger partial charge on any atom is 0.127 e. The molecule has 0 bridgehead atoms. The van der Waals surface area contributed by atoms with E-state index in [-0.39, 0.29) is 29.1 Å². The van der Waals surface area contributed by atoms with E-state index in [0.29, 0.717) is 0 Å². The maximum absolute atomic E-state index is 13.7. The Kier molecular flexibility index (Phi) is 4.90. The summed E-state index contributed by atoms with van der Waals surface area (Å²) in [6.07, 6.45) is -1.15. The van der Waals surface area contributed by atoms with Crippen LogP contribution in [-0.4, -0.2) is 18.3 Å². The van der Waals surface area contributed by atoms with Crippen LogP contribution in [0.1, 0.15) is 26.3 Å². The highest BCUT2D eigenvalue weighted by atomic mass is 35.5. The molecule has 0 saturated heterocycles. The van der Waals surface area contributed by atoms with E-state index in [1.54, 1.807) is 6.07 Å². The molecule has 96 valence electrons. The van der Waals surface area contributed by atoms with Crippen molar-refractivity contribution in [3.8, 4) is 0 Å². The van der Waals surface area contributed by atoms with Crippen LogP contribution in [0.5, 0.6) is 0 Å². The number of hydrogen-bond acceptors (Lipinski definition) is 1. The lowest BCUT2D eigenvalue weighted by Gasteiger charge is -2.22. The Morgan fingerprint density at radius 2 is 2.00 bits per heavy atom. The van der Waals surface area contributed by atoms with Crippen LogP contribution in [0.4, 0.5) is 8.78 Å². The van der Waals surface area contributed by atoms with Gasteiger partial charge in [0.25, 0.3) is 0 Å². The molecule has 0 aromatic heterocycles. The Morgan fingerprint density at radius 1 is 1.35 bits per heavy atom. The fourth-order valence-electron chi connectivity index (χ4n) is 1.44. The van der Waals surface area contributed by atoms with Crippen molar-refractivity contribution in [1.82, 2.24) is 5.32 Å². The molecule has 0 saturated carbocycles. The molecule has 0 spiro atoms. The molecule has 1 rings (SSSR count). The van der Waals surface area contributed by atoms with Crippen LogP contribution < -0.4 is 5.32 Å². The number of rotatable bonds is 4. The van der Waals surface area contributed by atoms with Gasteiger partial charge in [0.2, 0.25) is 0 Å². The number of nitrogens with one attached hydrogen (secondary N) is 1. The third kappa shape index (κ3) is 5.00. The highest BCUT2D eigenvalue weighted by molar-refractivity contribution is 6.31. The average Bonchev–Trinajstić information content (AvgIpc) is 2.20. The normalized spacial score (nSPS) is 13.8. The molecule has 1 aromatic rings. The van der Waals surface area contributed by atoms with E-state index in [4.69, 9.17) is 11.6 Å². The van der Waals surface area contributed by atoms with Crippen molar-refractivity contribution >= 4 is 11.6 Å². The van der Waals surface area contributed by atoms with Gasteiger partial charge in [0.05, 0.1) is 0 Å². The van der Waals surface area contributed by atoms with Crippen molar-refractivity contribution in [2.24, 2.45) is 0 Å². The Balaban J connectivity index is 2.59. The van der Waals surface area contributed by atoms with E-state index in [1.165, 1.54) is 12.1 Å². The molecular weight excluding hydrogens is 244 g/mol. The average molecular weight is 262 g/mol. The molecule has 0 fully saturated rings. The number of alkyl halides is 1. The molecule has 1 N–H and O–H groups in total. The van der Waals surface area contributed by atoms with Crippen LogP contribution in [0.2, 0.25) is 5.02 Å². The maximum atomic E-state index is 13.7. The fraction of sp³-hybridized carbons (Fsp3) is 0.538. The van der Waals surface area contributed by atoms with Crippen LogP contribution in [0.25, 0.3) is 0 Å². The summed E-state index contributed by atoms with van der Waals surface area (Å²) in [5.41, 5.74) is 0.0981. The molecule has 0 aliphatic rings. The first-order valence-corrected chi connectivity index (χ1v) is 5.99. The Labute approximate surface area is 106 Å². The smallest absolute Gasteiger partial charge is 0.127 e. The number of halogens is 3. The van der Waals surface area contributed by atoms with Gasteiger partial charge in [-0.15, -0.1) is 0 Å². The molecule has 0 aliphatic carbocycles. The third-order valence-electron chi connectivity index (χ3n) is 2.34. The van der Waals surface area contributed by atoms with E-state index >= 15 is 0 Å². The zero-order valence-electron chi connectivity index (χ0n) is 10.4. The highest BCUT2D eigenvalue weighted by Gasteiger charge is 2.17. The Morgan fingerprint density at radius 3 is 2.53 bits per heavy atom. The van der Waals surface area contributed by atoms with Gasteiger partial charge in [-0.1, -0.05) is 17.7 Å². The molecule has 1 unspecified atom stereocenters. The molecule has 1 atom stereocenters. The first-order chi connectivity index (χ1) is 7.79. The van der Waals surface area contributed by atoms with Crippen molar-refractivity contribution < 1.29 is 8.78 Å². The van der Waals surface area contributed by atoms with Crippen molar-refractivity contribution in [2.45, 2.75) is 38.9 Å². The summed E-state index contributed by atoms with van der Waals surface area (Å²) in [5.74, 6) is -0.448. The van der Waals surface area contributed by atoms with E-state index in [1.807, 2.05) is 20.8 Å². The minimum Gasteiger partial charge on any atom is -0.309 e. The lowest BCUT2D eigenvalue weighted by molar-refractivity contribution is 0.282. The largest absolute Gasteiger partial charge is 0.309 e. The van der Waals surface area contributed by atoms with E-state index in [0.717, 1.165) is 0 Å². The topological polar surface area (TPSA) is 12.0 Å². The van der Waals surface area contributed by atoms with E-state index in [9.17, 15) is 8.78 Å². The lowest BCUT2D eigenvalue weighted by atomic mass is 10.1. The predicted molar refractivity (Wildman–Crippen MR) is 67.8 cm³/mol. The lowest BCUT2D eigenvalue weighted by Crippen LogP contribution is -2.40. The molecule has 0 aliphatic heterocycles. The summed E-state index contributed by atoms with van der Waals surface area (Å²) >= 11 is 5.84. The summed E-state index contributed by atoms with van der Waals surface area (Å²) in [5, 5.41) is 3.32. The Bertz CT molecular complexity index is 354. The summed E-state index contributed by atoms with van der Waals surface area (Å²) in [4.78, 5) is 0. The monoisotopic (exact) mass is 261 g/mol. The zero-order chi connectivity index (χ0) is 13.1. The molecule has 4 heteroatoms. The summed E-state index contributed by atoms with van der Waals surface area (Å²) in [6.45, 7) is 6.05. The first-order valence-electron chi connectivity index (χ1n) is 5.61. The summed E-state index contributed by atoms with van der Waals surface area (Å²) < 4.78 is 27.1. The van der Waals surface area contributed by atoms with E-state index < -0.39 is 12.0 Å². The minimum absolute atomic E-state index is 0.00537. The Hall–Kier alpha value is -0.670. The molecule has 1 aromatic carbocycles. The highest BCUT2D eigenvalue weighted by Crippen LogP contribution is 2.21. The molecule has 0 radical (unpaired) electrons. The molecule has 0 amide bonds. The molecule has 17 heavy (non-hydrogen) atoms. The SMILES string of the molecule is CC(C)(C)NCC(F)Cc1c(F)cccc1Cl. The quantitative estimate of drug-likeness (QED) is 0.871. The van der Waals surface area contributed by atoms with Crippen LogP contribution in [0, 0.1) is 5.82 Å². The van der Waals surface area contributed by atoms with Crippen LogP contribution in [0.15, 0.2) is 18.2 Å². The van der Waals surface area contributed by atoms with Crippen molar-refractivity contribution in [3.05, 3.63) is 34.6 Å². The second-order valence-electron chi connectivity index (χ2n) is 5.13. The standard InChI is InChI=1S/C13H18ClF2N/c1-13(2,3)17-8-9(15)7-10-11(14)5-4-6-12(10)16/h4-6,9,17H,7-8H2,1-3H3. The molecule has 1 nitrogen and oxygen atoms in total. The van der Waals surface area contributed by atoms with Crippen LogP contribution in [0.3, 0.4) is 0 Å². The van der Waals surface area contributed by atoms with Crippen molar-refractivity contribution in [3.63, 3.8) is 0 Å². The second kappa shape index (κ2) is 5.78. The molecule has 0 heterocycles. The number of hydrogen-bond donors (Lipinski definition) is 1. The van der Waals surface area contributed by atoms with Gasteiger partial charge in [0, 0.05) is 29.1 Å². The molecular formula is C13H18ClF2N. The summed E-state index contributed by atoms with van der Waals surface area (Å²) in [7, 11) is 0. The number of benzene rings is 1.